The Morgan fingerprint density at radius 2 is 1.95 bits per heavy atom. The van der Waals surface area contributed by atoms with Crippen LogP contribution >= 0.6 is 0 Å². The van der Waals surface area contributed by atoms with Crippen LogP contribution in [0.1, 0.15) is 0 Å². The lowest BCUT2D eigenvalue weighted by atomic mass is 10.4. The highest BCUT2D eigenvalue weighted by Gasteiger charge is 2.14. The van der Waals surface area contributed by atoms with E-state index >= 15 is 0 Å². The summed E-state index contributed by atoms with van der Waals surface area (Å²) in [4.78, 5) is 19.1. The van der Waals surface area contributed by atoms with Crippen molar-refractivity contribution in [1.29, 1.82) is 0 Å². The number of anilines is 2. The maximum Gasteiger partial charge on any atom is 0.263 e. The van der Waals surface area contributed by atoms with Gasteiger partial charge in [-0.2, -0.15) is 0 Å². The summed E-state index contributed by atoms with van der Waals surface area (Å²) in [5, 5.41) is 0. The Balaban J connectivity index is 2.24. The van der Waals surface area contributed by atoms with Crippen LogP contribution in [0.5, 0.6) is 0 Å². The highest BCUT2D eigenvalue weighted by atomic mass is 32.2. The molecule has 20 heavy (non-hydrogen) atoms. The molecule has 2 aromatic rings. The molecule has 0 fully saturated rings. The quantitative estimate of drug-likeness (QED) is 0.862. The molecule has 2 rings (SSSR count). The zero-order chi connectivity index (χ0) is 14.8. The molecule has 8 heteroatoms. The first-order valence-electron chi connectivity index (χ1n) is 5.73. The number of rotatable bonds is 4. The van der Waals surface area contributed by atoms with E-state index in [0.717, 1.165) is 18.1 Å². The molecule has 0 spiro atoms. The van der Waals surface area contributed by atoms with Gasteiger partial charge in [0, 0.05) is 26.4 Å². The third-order valence-corrected chi connectivity index (χ3v) is 3.90. The highest BCUT2D eigenvalue weighted by Crippen LogP contribution is 2.16. The molecule has 0 aromatic carbocycles. The molecule has 0 bridgehead atoms. The van der Waals surface area contributed by atoms with Crippen molar-refractivity contribution in [2.24, 2.45) is 0 Å². The van der Waals surface area contributed by atoms with Crippen molar-refractivity contribution in [2.75, 3.05) is 23.7 Å². The second kappa shape index (κ2) is 5.33. The number of hydrogen-bond donors (Lipinski definition) is 2. The molecular formula is C12H14N4O3S. The van der Waals surface area contributed by atoms with Gasteiger partial charge >= 0.3 is 0 Å². The molecule has 0 saturated heterocycles. The van der Waals surface area contributed by atoms with E-state index in [4.69, 9.17) is 0 Å². The molecular weight excluding hydrogens is 280 g/mol. The van der Waals surface area contributed by atoms with Gasteiger partial charge in [0.1, 0.15) is 10.7 Å². The third-order valence-electron chi connectivity index (χ3n) is 2.52. The average Bonchev–Trinajstić information content (AvgIpc) is 2.39. The molecule has 0 aliphatic carbocycles. The zero-order valence-corrected chi connectivity index (χ0v) is 11.8. The summed E-state index contributed by atoms with van der Waals surface area (Å²) in [6.45, 7) is 0. The number of pyridine rings is 2. The third kappa shape index (κ3) is 3.15. The van der Waals surface area contributed by atoms with E-state index in [1.165, 1.54) is 12.3 Å². The molecule has 0 amide bonds. The van der Waals surface area contributed by atoms with Crippen LogP contribution in [0.2, 0.25) is 0 Å². The summed E-state index contributed by atoms with van der Waals surface area (Å²) < 4.78 is 26.5. The van der Waals surface area contributed by atoms with Gasteiger partial charge in [0.05, 0.1) is 11.9 Å². The second-order valence-corrected chi connectivity index (χ2v) is 5.98. The average molecular weight is 294 g/mol. The molecule has 106 valence electrons. The van der Waals surface area contributed by atoms with Crippen molar-refractivity contribution < 1.29 is 8.42 Å². The molecule has 0 aliphatic rings. The Hall–Kier alpha value is -2.35. The number of nitrogens with zero attached hydrogens (tertiary/aromatic N) is 2. The zero-order valence-electron chi connectivity index (χ0n) is 11.0. The smallest absolute Gasteiger partial charge is 0.263 e. The van der Waals surface area contributed by atoms with Crippen molar-refractivity contribution >= 4 is 21.5 Å². The van der Waals surface area contributed by atoms with Crippen LogP contribution in [-0.4, -0.2) is 32.5 Å². The van der Waals surface area contributed by atoms with Gasteiger partial charge in [0.15, 0.2) is 0 Å². The van der Waals surface area contributed by atoms with Crippen molar-refractivity contribution in [3.63, 3.8) is 0 Å². The lowest BCUT2D eigenvalue weighted by molar-refractivity contribution is 0.600. The second-order valence-electron chi connectivity index (χ2n) is 4.29. The summed E-state index contributed by atoms with van der Waals surface area (Å²) in [6.07, 6.45) is 2.57. The van der Waals surface area contributed by atoms with Gasteiger partial charge in [-0.05, 0) is 18.2 Å². The summed E-state index contributed by atoms with van der Waals surface area (Å²) in [5.74, 6) is 0.719. The number of sulfonamides is 1. The summed E-state index contributed by atoms with van der Waals surface area (Å²) in [5.41, 5.74) is -0.0113. The Kier molecular flexibility index (Phi) is 3.75. The van der Waals surface area contributed by atoms with E-state index in [0.29, 0.717) is 5.69 Å². The molecule has 2 aromatic heterocycles. The van der Waals surface area contributed by atoms with Crippen molar-refractivity contribution in [3.8, 4) is 0 Å². The van der Waals surface area contributed by atoms with E-state index in [1.54, 1.807) is 17.0 Å². The van der Waals surface area contributed by atoms with E-state index in [9.17, 15) is 13.2 Å². The number of aromatic nitrogens is 2. The number of nitrogens with one attached hydrogen (secondary N) is 2. The van der Waals surface area contributed by atoms with Gasteiger partial charge < -0.3 is 9.88 Å². The minimum Gasteiger partial charge on any atom is -0.363 e. The normalized spacial score (nSPS) is 11.1. The first-order chi connectivity index (χ1) is 9.38. The predicted molar refractivity (Wildman–Crippen MR) is 76.4 cm³/mol. The van der Waals surface area contributed by atoms with Crippen LogP contribution in [-0.2, 0) is 10.0 Å². The number of hydrogen-bond acceptors (Lipinski definition) is 5. The van der Waals surface area contributed by atoms with Gasteiger partial charge in [-0.3, -0.25) is 9.52 Å². The van der Waals surface area contributed by atoms with Crippen molar-refractivity contribution in [1.82, 2.24) is 9.97 Å². The van der Waals surface area contributed by atoms with Crippen LogP contribution in [0.3, 0.4) is 0 Å². The lowest BCUT2D eigenvalue weighted by Gasteiger charge is -2.12. The van der Waals surface area contributed by atoms with Gasteiger partial charge in [-0.25, -0.2) is 13.4 Å². The van der Waals surface area contributed by atoms with Crippen LogP contribution in [0.4, 0.5) is 11.5 Å². The van der Waals surface area contributed by atoms with E-state index < -0.39 is 10.0 Å². The topological polar surface area (TPSA) is 95.2 Å². The minimum absolute atomic E-state index is 0.0196. The van der Waals surface area contributed by atoms with Gasteiger partial charge in [-0.1, -0.05) is 0 Å². The van der Waals surface area contributed by atoms with Crippen molar-refractivity contribution in [3.05, 3.63) is 47.0 Å². The first-order valence-corrected chi connectivity index (χ1v) is 7.22. The Morgan fingerprint density at radius 1 is 1.20 bits per heavy atom. The maximum atomic E-state index is 12.1. The maximum absolute atomic E-state index is 12.1. The fraction of sp³-hybridized carbons (Fsp3) is 0.167. The molecule has 0 aliphatic heterocycles. The molecule has 0 radical (unpaired) electrons. The molecule has 2 heterocycles. The summed E-state index contributed by atoms with van der Waals surface area (Å²) in [7, 11) is -0.0574. The molecule has 0 atom stereocenters. The lowest BCUT2D eigenvalue weighted by Crippen LogP contribution is -2.16. The highest BCUT2D eigenvalue weighted by molar-refractivity contribution is 7.92. The largest absolute Gasteiger partial charge is 0.363 e. The fourth-order valence-electron chi connectivity index (χ4n) is 1.49. The predicted octanol–water partition coefficient (Wildman–Crippen LogP) is 0.637. The van der Waals surface area contributed by atoms with Gasteiger partial charge in [-0.15, -0.1) is 0 Å². The van der Waals surface area contributed by atoms with Crippen molar-refractivity contribution in [2.45, 2.75) is 4.90 Å². The SMILES string of the molecule is CN(C)c1ccc(NS(=O)(=O)c2ccc(=O)[nH]c2)cn1. The Morgan fingerprint density at radius 3 is 2.45 bits per heavy atom. The minimum atomic E-state index is -3.74. The first kappa shape index (κ1) is 14.1. The van der Waals surface area contributed by atoms with Crippen LogP contribution in [0.15, 0.2) is 46.3 Å². The fourth-order valence-corrected chi connectivity index (χ4v) is 2.50. The van der Waals surface area contributed by atoms with Crippen LogP contribution in [0.25, 0.3) is 0 Å². The summed E-state index contributed by atoms with van der Waals surface area (Å²) >= 11 is 0. The van der Waals surface area contributed by atoms with E-state index in [1.807, 2.05) is 14.1 Å². The standard InChI is InChI=1S/C12H14N4O3S/c1-16(2)11-5-3-9(7-13-11)15-20(18,19)10-4-6-12(17)14-8-10/h3-8,15H,1-2H3,(H,14,17). The Bertz CT molecular complexity index is 731. The van der Waals surface area contributed by atoms with E-state index in [-0.39, 0.29) is 10.5 Å². The molecule has 0 saturated carbocycles. The molecule has 7 nitrogen and oxygen atoms in total. The Labute approximate surface area is 116 Å². The molecule has 0 unspecified atom stereocenters. The van der Waals surface area contributed by atoms with E-state index in [2.05, 4.69) is 14.7 Å². The number of aromatic amines is 1. The monoisotopic (exact) mass is 294 g/mol. The van der Waals surface area contributed by atoms with Gasteiger partial charge in [0.2, 0.25) is 5.56 Å². The van der Waals surface area contributed by atoms with Crippen LogP contribution < -0.4 is 15.2 Å². The molecule has 2 N–H and O–H groups in total. The number of H-pyrrole nitrogens is 1. The van der Waals surface area contributed by atoms with Crippen LogP contribution in [0, 0.1) is 0 Å². The summed E-state index contributed by atoms with van der Waals surface area (Å²) in [6, 6.07) is 5.71. The van der Waals surface area contributed by atoms with Gasteiger partial charge in [0.25, 0.3) is 10.0 Å².